The van der Waals surface area contributed by atoms with Gasteiger partial charge in [-0.1, -0.05) is 0 Å². The fourth-order valence-electron chi connectivity index (χ4n) is 0.320. The minimum absolute atomic E-state index is 0. The van der Waals surface area contributed by atoms with Gasteiger partial charge in [0.2, 0.25) is 0 Å². The van der Waals surface area contributed by atoms with Crippen molar-refractivity contribution in [1.82, 2.24) is 0 Å². The Morgan fingerprint density at radius 2 is 1.64 bits per heavy atom. The zero-order valence-electron chi connectivity index (χ0n) is 6.95. The van der Waals surface area contributed by atoms with Crippen molar-refractivity contribution in [1.29, 1.82) is 0 Å². The summed E-state index contributed by atoms with van der Waals surface area (Å²) in [6, 6.07) is 0. The van der Waals surface area contributed by atoms with Gasteiger partial charge in [0.25, 0.3) is 0 Å². The molecule has 0 saturated carbocycles. The third-order valence-electron chi connectivity index (χ3n) is 0.435. The molecule has 11 heavy (non-hydrogen) atoms. The SMILES string of the molecule is CC(C)(C)OS(=O)(=O)O[O-].[Na+]. The van der Waals surface area contributed by atoms with Gasteiger partial charge in [0, 0.05) is 0 Å². The molecule has 0 unspecified atom stereocenters. The topological polar surface area (TPSA) is 75.7 Å². The van der Waals surface area contributed by atoms with Gasteiger partial charge < -0.3 is 9.59 Å². The Balaban J connectivity index is 0. The van der Waals surface area contributed by atoms with Crippen LogP contribution in [0.1, 0.15) is 20.8 Å². The van der Waals surface area contributed by atoms with Crippen LogP contribution in [0.3, 0.4) is 0 Å². The van der Waals surface area contributed by atoms with E-state index in [1.807, 2.05) is 0 Å². The first kappa shape index (κ1) is 14.4. The maximum Gasteiger partial charge on any atom is 1.00 e. The van der Waals surface area contributed by atoms with E-state index in [-0.39, 0.29) is 29.6 Å². The van der Waals surface area contributed by atoms with Crippen molar-refractivity contribution < 1.29 is 51.7 Å². The molecule has 0 aliphatic heterocycles. The molecule has 0 heterocycles. The minimum atomic E-state index is -4.33. The van der Waals surface area contributed by atoms with Crippen molar-refractivity contribution in [3.63, 3.8) is 0 Å². The zero-order valence-corrected chi connectivity index (χ0v) is 9.77. The van der Waals surface area contributed by atoms with Crippen LogP contribution in [-0.4, -0.2) is 14.0 Å². The molecule has 0 aromatic rings. The van der Waals surface area contributed by atoms with Crippen LogP contribution in [0.4, 0.5) is 0 Å². The number of hydrogen-bond donors (Lipinski definition) is 0. The van der Waals surface area contributed by atoms with Crippen LogP contribution < -0.4 is 34.8 Å². The molecule has 0 aliphatic carbocycles. The molecule has 5 nitrogen and oxygen atoms in total. The zero-order chi connectivity index (χ0) is 8.41. The van der Waals surface area contributed by atoms with Gasteiger partial charge in [0.05, 0.1) is 5.60 Å². The van der Waals surface area contributed by atoms with Gasteiger partial charge >= 0.3 is 40.0 Å². The van der Waals surface area contributed by atoms with Gasteiger partial charge in [-0.2, -0.15) is 8.42 Å². The molecule has 0 N–H and O–H groups in total. The fourth-order valence-corrected chi connectivity index (χ4v) is 0.960. The Hall–Kier alpha value is 0.830. The Bertz CT molecular complexity index is 191. The predicted molar refractivity (Wildman–Crippen MR) is 30.8 cm³/mol. The molecule has 0 aliphatic rings. The van der Waals surface area contributed by atoms with Crippen LogP contribution in [0.5, 0.6) is 0 Å². The van der Waals surface area contributed by atoms with Crippen molar-refractivity contribution in [3.05, 3.63) is 0 Å². The predicted octanol–water partition coefficient (Wildman–Crippen LogP) is -3.66. The summed E-state index contributed by atoms with van der Waals surface area (Å²) < 4.78 is 27.5. The van der Waals surface area contributed by atoms with Gasteiger partial charge in [-0.25, -0.2) is 4.18 Å². The molecule has 0 atom stereocenters. The smallest absolute Gasteiger partial charge is 0.705 e. The molecule has 0 spiro atoms. The Morgan fingerprint density at radius 1 is 1.27 bits per heavy atom. The van der Waals surface area contributed by atoms with Crippen molar-refractivity contribution in [2.75, 3.05) is 0 Å². The van der Waals surface area contributed by atoms with Gasteiger partial charge in [-0.3, -0.25) is 0 Å². The van der Waals surface area contributed by atoms with E-state index in [1.165, 1.54) is 20.8 Å². The molecule has 0 aromatic carbocycles. The first-order chi connectivity index (χ1) is 4.27. The summed E-state index contributed by atoms with van der Waals surface area (Å²) in [6.07, 6.45) is 0. The monoisotopic (exact) mass is 192 g/mol. The van der Waals surface area contributed by atoms with Gasteiger partial charge in [0.1, 0.15) is 0 Å². The van der Waals surface area contributed by atoms with Crippen LogP contribution in [0, 0.1) is 0 Å². The first-order valence-corrected chi connectivity index (χ1v) is 3.87. The second-order valence-corrected chi connectivity index (χ2v) is 3.79. The standard InChI is InChI=1S/C4H10O5S.Na/c1-4(2,3)8-10(6,7)9-5;/h5H,1-3H3;/q;+1/p-1. The van der Waals surface area contributed by atoms with Gasteiger partial charge in [-0.15, -0.1) is 0 Å². The molecule has 0 rings (SSSR count). The average molecular weight is 192 g/mol. The number of rotatable bonds is 2. The molecular formula is C4H9NaO5S. The van der Waals surface area contributed by atoms with Crippen LogP contribution in [-0.2, 0) is 18.9 Å². The molecule has 0 fully saturated rings. The van der Waals surface area contributed by atoms with Crippen molar-refractivity contribution in [3.8, 4) is 0 Å². The summed E-state index contributed by atoms with van der Waals surface area (Å²) in [4.78, 5) is 0. The summed E-state index contributed by atoms with van der Waals surface area (Å²) in [5, 5.41) is 9.42. The first-order valence-electron chi connectivity index (χ1n) is 2.54. The molecule has 0 radical (unpaired) electrons. The van der Waals surface area contributed by atoms with E-state index in [0.717, 1.165) is 0 Å². The van der Waals surface area contributed by atoms with Crippen molar-refractivity contribution >= 4 is 10.4 Å². The third kappa shape index (κ3) is 8.74. The molecule has 62 valence electrons. The minimum Gasteiger partial charge on any atom is -0.705 e. The Morgan fingerprint density at radius 3 is 1.73 bits per heavy atom. The van der Waals surface area contributed by atoms with Crippen LogP contribution in [0.15, 0.2) is 0 Å². The van der Waals surface area contributed by atoms with E-state index in [0.29, 0.717) is 0 Å². The molecular weight excluding hydrogens is 183 g/mol. The maximum absolute atomic E-state index is 10.3. The normalized spacial score (nSPS) is 12.4. The maximum atomic E-state index is 10.3. The van der Waals surface area contributed by atoms with E-state index in [1.54, 1.807) is 0 Å². The van der Waals surface area contributed by atoms with Crippen LogP contribution in [0.25, 0.3) is 0 Å². The van der Waals surface area contributed by atoms with Gasteiger partial charge in [-0.05, 0) is 20.8 Å². The van der Waals surface area contributed by atoms with E-state index in [9.17, 15) is 13.7 Å². The molecule has 0 saturated heterocycles. The molecule has 7 heteroatoms. The van der Waals surface area contributed by atoms with E-state index in [4.69, 9.17) is 0 Å². The van der Waals surface area contributed by atoms with Gasteiger partial charge in [0.15, 0.2) is 0 Å². The summed E-state index contributed by atoms with van der Waals surface area (Å²) >= 11 is 0. The fraction of sp³-hybridized carbons (Fsp3) is 1.00. The Kier molecular flexibility index (Phi) is 6.21. The molecule has 0 amide bonds. The quantitative estimate of drug-likeness (QED) is 0.256. The van der Waals surface area contributed by atoms with Crippen molar-refractivity contribution in [2.45, 2.75) is 26.4 Å². The number of hydrogen-bond acceptors (Lipinski definition) is 5. The average Bonchev–Trinajstić information content (AvgIpc) is 1.60. The van der Waals surface area contributed by atoms with Crippen molar-refractivity contribution in [2.24, 2.45) is 0 Å². The summed E-state index contributed by atoms with van der Waals surface area (Å²) in [5.74, 6) is 0. The van der Waals surface area contributed by atoms with E-state index in [2.05, 4.69) is 8.52 Å². The third-order valence-corrected chi connectivity index (χ3v) is 1.31. The second-order valence-electron chi connectivity index (χ2n) is 2.67. The Labute approximate surface area is 88.2 Å². The summed E-state index contributed by atoms with van der Waals surface area (Å²) in [7, 11) is -4.33. The molecule has 0 aromatic heterocycles. The van der Waals surface area contributed by atoms with E-state index < -0.39 is 16.0 Å². The summed E-state index contributed by atoms with van der Waals surface area (Å²) in [6.45, 7) is 4.47. The van der Waals surface area contributed by atoms with Crippen LogP contribution >= 0.6 is 0 Å². The largest absolute Gasteiger partial charge is 1.00 e. The second kappa shape index (κ2) is 4.76. The van der Waals surface area contributed by atoms with E-state index >= 15 is 0 Å². The summed E-state index contributed by atoms with van der Waals surface area (Å²) in [5.41, 5.74) is -0.927. The molecule has 0 bridgehead atoms. The van der Waals surface area contributed by atoms with Crippen LogP contribution in [0.2, 0.25) is 0 Å².